The monoisotopic (exact) mass is 365 g/mol. The Morgan fingerprint density at radius 1 is 0.962 bits per heavy atom. The second kappa shape index (κ2) is 6.86. The lowest BCUT2D eigenvalue weighted by molar-refractivity contribution is 0.456. The third kappa shape index (κ3) is 3.27. The average molecular weight is 365 g/mol. The minimum Gasteiger partial charge on any atom is -0.207 e. The minimum atomic E-state index is -3.39. The normalized spacial score (nSPS) is 18.4. The van der Waals surface area contributed by atoms with Crippen molar-refractivity contribution >= 4 is 20.8 Å². The van der Waals surface area contributed by atoms with Gasteiger partial charge in [-0.15, -0.1) is 0 Å². The third-order valence-electron chi connectivity index (χ3n) is 5.30. The van der Waals surface area contributed by atoms with Crippen LogP contribution in [0.25, 0.3) is 10.8 Å². The van der Waals surface area contributed by atoms with E-state index in [2.05, 4.69) is 42.5 Å². The zero-order valence-electron chi connectivity index (χ0n) is 14.9. The topological polar surface area (TPSA) is 37.4 Å². The van der Waals surface area contributed by atoms with Crippen LogP contribution in [0.2, 0.25) is 0 Å². The van der Waals surface area contributed by atoms with E-state index in [0.29, 0.717) is 23.9 Å². The lowest BCUT2D eigenvalue weighted by Gasteiger charge is -2.17. The van der Waals surface area contributed by atoms with Crippen LogP contribution < -0.4 is 0 Å². The van der Waals surface area contributed by atoms with Crippen molar-refractivity contribution in [3.63, 3.8) is 0 Å². The van der Waals surface area contributed by atoms with Gasteiger partial charge in [0.25, 0.3) is 0 Å². The van der Waals surface area contributed by atoms with Crippen LogP contribution in [0, 0.1) is 12.8 Å². The number of fused-ring (bicyclic) bond motifs is 1. The van der Waals surface area contributed by atoms with Gasteiger partial charge in [-0.2, -0.15) is 4.31 Å². The molecule has 3 aromatic carbocycles. The molecule has 0 saturated carbocycles. The van der Waals surface area contributed by atoms with Gasteiger partial charge in [0, 0.05) is 13.1 Å². The molecule has 1 fully saturated rings. The Bertz CT molecular complexity index is 1020. The molecule has 1 aliphatic rings. The van der Waals surface area contributed by atoms with Gasteiger partial charge in [0.15, 0.2) is 0 Å². The molecule has 0 aliphatic carbocycles. The summed E-state index contributed by atoms with van der Waals surface area (Å²) in [5.41, 5.74) is 2.38. The van der Waals surface area contributed by atoms with E-state index in [1.807, 2.05) is 19.1 Å². The van der Waals surface area contributed by atoms with Crippen LogP contribution in [0.15, 0.2) is 71.6 Å². The first kappa shape index (κ1) is 17.3. The zero-order chi connectivity index (χ0) is 18.1. The van der Waals surface area contributed by atoms with Crippen molar-refractivity contribution in [2.75, 3.05) is 13.1 Å². The molecule has 0 amide bonds. The van der Waals surface area contributed by atoms with E-state index >= 15 is 0 Å². The van der Waals surface area contributed by atoms with Crippen molar-refractivity contribution < 1.29 is 8.42 Å². The smallest absolute Gasteiger partial charge is 0.207 e. The van der Waals surface area contributed by atoms with Gasteiger partial charge in [0.2, 0.25) is 10.0 Å². The average Bonchev–Trinajstić information content (AvgIpc) is 3.12. The predicted octanol–water partition coefficient (Wildman–Crippen LogP) is 4.40. The molecule has 1 aliphatic heterocycles. The SMILES string of the molecule is Cc1ccc(S(=O)(=O)N2CCC(Cc3cccc4ccccc34)C2)cc1. The molecule has 3 aromatic rings. The Morgan fingerprint density at radius 2 is 1.69 bits per heavy atom. The maximum atomic E-state index is 12.9. The fraction of sp³-hybridized carbons (Fsp3) is 0.273. The highest BCUT2D eigenvalue weighted by Gasteiger charge is 2.32. The second-order valence-corrected chi connectivity index (χ2v) is 9.11. The van der Waals surface area contributed by atoms with Crippen molar-refractivity contribution in [3.8, 4) is 0 Å². The Labute approximate surface area is 155 Å². The number of benzene rings is 3. The molecular weight excluding hydrogens is 342 g/mol. The van der Waals surface area contributed by atoms with Gasteiger partial charge in [-0.1, -0.05) is 60.2 Å². The minimum absolute atomic E-state index is 0.362. The highest BCUT2D eigenvalue weighted by molar-refractivity contribution is 7.89. The number of rotatable bonds is 4. The lowest BCUT2D eigenvalue weighted by Crippen LogP contribution is -2.29. The van der Waals surface area contributed by atoms with Crippen LogP contribution in [0.4, 0.5) is 0 Å². The van der Waals surface area contributed by atoms with Crippen LogP contribution >= 0.6 is 0 Å². The molecule has 0 N–H and O–H groups in total. The van der Waals surface area contributed by atoms with E-state index in [1.165, 1.54) is 16.3 Å². The number of hydrogen-bond acceptors (Lipinski definition) is 2. The fourth-order valence-electron chi connectivity index (χ4n) is 3.82. The fourth-order valence-corrected chi connectivity index (χ4v) is 5.35. The Morgan fingerprint density at radius 3 is 2.50 bits per heavy atom. The van der Waals surface area contributed by atoms with Crippen molar-refractivity contribution in [1.82, 2.24) is 4.31 Å². The molecule has 134 valence electrons. The molecule has 0 aromatic heterocycles. The zero-order valence-corrected chi connectivity index (χ0v) is 15.7. The summed E-state index contributed by atoms with van der Waals surface area (Å²) < 4.78 is 27.4. The van der Waals surface area contributed by atoms with E-state index in [-0.39, 0.29) is 0 Å². The highest BCUT2D eigenvalue weighted by Crippen LogP contribution is 2.29. The Balaban J connectivity index is 1.52. The van der Waals surface area contributed by atoms with Gasteiger partial charge < -0.3 is 0 Å². The first-order chi connectivity index (χ1) is 12.5. The van der Waals surface area contributed by atoms with Gasteiger partial charge in [0.1, 0.15) is 0 Å². The van der Waals surface area contributed by atoms with Gasteiger partial charge in [0.05, 0.1) is 4.90 Å². The predicted molar refractivity (Wildman–Crippen MR) is 106 cm³/mol. The summed E-state index contributed by atoms with van der Waals surface area (Å²) >= 11 is 0. The summed E-state index contributed by atoms with van der Waals surface area (Å²) in [5.74, 6) is 0.362. The molecule has 0 spiro atoms. The van der Waals surface area contributed by atoms with E-state index in [1.54, 1.807) is 16.4 Å². The van der Waals surface area contributed by atoms with E-state index in [4.69, 9.17) is 0 Å². The van der Waals surface area contributed by atoms with E-state index in [0.717, 1.165) is 18.4 Å². The molecule has 0 radical (unpaired) electrons. The summed E-state index contributed by atoms with van der Waals surface area (Å²) in [7, 11) is -3.39. The van der Waals surface area contributed by atoms with Gasteiger partial charge in [-0.25, -0.2) is 8.42 Å². The maximum Gasteiger partial charge on any atom is 0.243 e. The van der Waals surface area contributed by atoms with Crippen LogP contribution in [0.1, 0.15) is 17.5 Å². The molecule has 4 heteroatoms. The quantitative estimate of drug-likeness (QED) is 0.687. The van der Waals surface area contributed by atoms with Gasteiger partial charge in [-0.05, 0) is 54.2 Å². The molecule has 1 atom stereocenters. The molecule has 0 bridgehead atoms. The van der Waals surface area contributed by atoms with Crippen molar-refractivity contribution in [2.24, 2.45) is 5.92 Å². The summed E-state index contributed by atoms with van der Waals surface area (Å²) in [4.78, 5) is 0.397. The van der Waals surface area contributed by atoms with Gasteiger partial charge >= 0.3 is 0 Å². The molecule has 1 unspecified atom stereocenters. The molecule has 4 rings (SSSR count). The van der Waals surface area contributed by atoms with Crippen molar-refractivity contribution in [2.45, 2.75) is 24.7 Å². The summed E-state index contributed by atoms with van der Waals surface area (Å²) in [6.45, 7) is 3.16. The number of nitrogens with zero attached hydrogens (tertiary/aromatic N) is 1. The molecule has 3 nitrogen and oxygen atoms in total. The Kier molecular flexibility index (Phi) is 4.55. The number of sulfonamides is 1. The molecule has 26 heavy (non-hydrogen) atoms. The van der Waals surface area contributed by atoms with E-state index < -0.39 is 10.0 Å². The number of hydrogen-bond donors (Lipinski definition) is 0. The van der Waals surface area contributed by atoms with Crippen LogP contribution in [-0.2, 0) is 16.4 Å². The maximum absolute atomic E-state index is 12.9. The van der Waals surface area contributed by atoms with Crippen LogP contribution in [0.5, 0.6) is 0 Å². The third-order valence-corrected chi connectivity index (χ3v) is 7.18. The van der Waals surface area contributed by atoms with E-state index in [9.17, 15) is 8.42 Å². The van der Waals surface area contributed by atoms with Crippen LogP contribution in [0.3, 0.4) is 0 Å². The first-order valence-electron chi connectivity index (χ1n) is 9.07. The van der Waals surface area contributed by atoms with Crippen molar-refractivity contribution in [3.05, 3.63) is 77.9 Å². The lowest BCUT2D eigenvalue weighted by atomic mass is 9.94. The summed E-state index contributed by atoms with van der Waals surface area (Å²) in [5, 5.41) is 2.52. The first-order valence-corrected chi connectivity index (χ1v) is 10.5. The molecular formula is C22H23NO2S. The second-order valence-electron chi connectivity index (χ2n) is 7.17. The van der Waals surface area contributed by atoms with Crippen LogP contribution in [-0.4, -0.2) is 25.8 Å². The molecule has 1 saturated heterocycles. The van der Waals surface area contributed by atoms with Gasteiger partial charge in [-0.3, -0.25) is 0 Å². The number of aryl methyl sites for hydroxylation is 1. The largest absolute Gasteiger partial charge is 0.243 e. The molecule has 1 heterocycles. The summed E-state index contributed by atoms with van der Waals surface area (Å²) in [6.07, 6.45) is 1.83. The summed E-state index contributed by atoms with van der Waals surface area (Å²) in [6, 6.07) is 21.9. The Hall–Kier alpha value is -2.17. The highest BCUT2D eigenvalue weighted by atomic mass is 32.2. The van der Waals surface area contributed by atoms with Crippen molar-refractivity contribution in [1.29, 1.82) is 0 Å². The standard InChI is InChI=1S/C22H23NO2S/c1-17-9-11-21(12-10-17)26(24,25)23-14-13-18(16-23)15-20-7-4-6-19-5-2-3-8-22(19)20/h2-12,18H,13-16H2,1H3.